The van der Waals surface area contributed by atoms with E-state index in [0.717, 1.165) is 36.8 Å². The second-order valence-corrected chi connectivity index (χ2v) is 5.89. The summed E-state index contributed by atoms with van der Waals surface area (Å²) in [6.45, 7) is 1.92. The Morgan fingerprint density at radius 1 is 1.48 bits per heavy atom. The van der Waals surface area contributed by atoms with Crippen molar-refractivity contribution in [2.24, 2.45) is 0 Å². The molecule has 0 spiro atoms. The third kappa shape index (κ3) is 3.46. The number of ether oxygens (including phenoxy) is 1. The SMILES string of the molecule is CO[C@@H]1C[C@@H](c2ncc[nH]2)N(CCc2cccc(Cl)c2)C1. The third-order valence-corrected chi connectivity index (χ3v) is 4.35. The highest BCUT2D eigenvalue weighted by Gasteiger charge is 2.34. The van der Waals surface area contributed by atoms with E-state index < -0.39 is 0 Å². The molecule has 3 rings (SSSR count). The highest BCUT2D eigenvalue weighted by Crippen LogP contribution is 2.31. The zero-order chi connectivity index (χ0) is 14.7. The first kappa shape index (κ1) is 14.6. The maximum Gasteiger partial charge on any atom is 0.123 e. The number of methoxy groups -OCH3 is 1. The first-order valence-electron chi connectivity index (χ1n) is 7.27. The predicted molar refractivity (Wildman–Crippen MR) is 83.5 cm³/mol. The monoisotopic (exact) mass is 305 g/mol. The Morgan fingerprint density at radius 3 is 3.10 bits per heavy atom. The standard InChI is InChI=1S/C16H20ClN3O/c1-21-14-10-15(16-18-6-7-19-16)20(11-14)8-5-12-3-2-4-13(17)9-12/h2-4,6-7,9,14-15H,5,8,10-11H2,1H3,(H,18,19)/t14-,15+/m1/s1. The van der Waals surface area contributed by atoms with Gasteiger partial charge in [-0.15, -0.1) is 0 Å². The molecule has 1 aliphatic heterocycles. The van der Waals surface area contributed by atoms with Gasteiger partial charge in [-0.1, -0.05) is 23.7 Å². The lowest BCUT2D eigenvalue weighted by Crippen LogP contribution is -2.28. The molecule has 1 aliphatic rings. The number of likely N-dealkylation sites (tertiary alicyclic amines) is 1. The molecule has 21 heavy (non-hydrogen) atoms. The molecule has 2 atom stereocenters. The molecule has 1 fully saturated rings. The molecule has 0 radical (unpaired) electrons. The summed E-state index contributed by atoms with van der Waals surface area (Å²) in [5.41, 5.74) is 1.27. The Balaban J connectivity index is 1.67. The summed E-state index contributed by atoms with van der Waals surface area (Å²) in [6, 6.07) is 8.38. The van der Waals surface area contributed by atoms with Crippen LogP contribution in [0.25, 0.3) is 0 Å². The number of nitrogens with zero attached hydrogens (tertiary/aromatic N) is 2. The van der Waals surface area contributed by atoms with Crippen LogP contribution in [0.3, 0.4) is 0 Å². The molecule has 0 aliphatic carbocycles. The molecule has 1 aromatic carbocycles. The summed E-state index contributed by atoms with van der Waals surface area (Å²) in [5.74, 6) is 1.03. The van der Waals surface area contributed by atoms with Crippen molar-refractivity contribution in [1.29, 1.82) is 0 Å². The quantitative estimate of drug-likeness (QED) is 0.923. The first-order valence-corrected chi connectivity index (χ1v) is 7.64. The largest absolute Gasteiger partial charge is 0.380 e. The molecule has 0 unspecified atom stereocenters. The van der Waals surface area contributed by atoms with Gasteiger partial charge in [-0.05, 0) is 30.5 Å². The van der Waals surface area contributed by atoms with Gasteiger partial charge in [-0.25, -0.2) is 4.98 Å². The van der Waals surface area contributed by atoms with Gasteiger partial charge in [0, 0.05) is 37.6 Å². The Morgan fingerprint density at radius 2 is 2.38 bits per heavy atom. The molecular formula is C16H20ClN3O. The number of hydrogen-bond donors (Lipinski definition) is 1. The molecule has 0 saturated carbocycles. The van der Waals surface area contributed by atoms with Gasteiger partial charge in [-0.3, -0.25) is 4.90 Å². The Hall–Kier alpha value is -1.36. The number of aromatic amines is 1. The van der Waals surface area contributed by atoms with Crippen LogP contribution in [0, 0.1) is 0 Å². The predicted octanol–water partition coefficient (Wildman–Crippen LogP) is 3.07. The molecular weight excluding hydrogens is 286 g/mol. The lowest BCUT2D eigenvalue weighted by atomic mass is 10.1. The van der Waals surface area contributed by atoms with Crippen molar-refractivity contribution in [1.82, 2.24) is 14.9 Å². The number of halogens is 1. The van der Waals surface area contributed by atoms with Crippen molar-refractivity contribution in [3.05, 3.63) is 53.1 Å². The lowest BCUT2D eigenvalue weighted by molar-refractivity contribution is 0.108. The minimum Gasteiger partial charge on any atom is -0.380 e. The van der Waals surface area contributed by atoms with Crippen LogP contribution in [0.4, 0.5) is 0 Å². The van der Waals surface area contributed by atoms with E-state index in [-0.39, 0.29) is 6.10 Å². The van der Waals surface area contributed by atoms with Crippen LogP contribution < -0.4 is 0 Å². The van der Waals surface area contributed by atoms with Crippen LogP contribution in [-0.4, -0.2) is 41.2 Å². The van der Waals surface area contributed by atoms with Gasteiger partial charge in [0.25, 0.3) is 0 Å². The summed E-state index contributed by atoms with van der Waals surface area (Å²) >= 11 is 6.05. The van der Waals surface area contributed by atoms with Gasteiger partial charge >= 0.3 is 0 Å². The number of aromatic nitrogens is 2. The van der Waals surface area contributed by atoms with Crippen LogP contribution in [0.5, 0.6) is 0 Å². The Bertz CT molecular complexity index is 573. The maximum atomic E-state index is 6.05. The van der Waals surface area contributed by atoms with E-state index >= 15 is 0 Å². The van der Waals surface area contributed by atoms with Crippen LogP contribution >= 0.6 is 11.6 Å². The van der Waals surface area contributed by atoms with Gasteiger partial charge in [0.2, 0.25) is 0 Å². The minimum absolute atomic E-state index is 0.277. The smallest absolute Gasteiger partial charge is 0.123 e. The maximum absolute atomic E-state index is 6.05. The fraction of sp³-hybridized carbons (Fsp3) is 0.438. The topological polar surface area (TPSA) is 41.1 Å². The highest BCUT2D eigenvalue weighted by atomic mass is 35.5. The molecule has 2 heterocycles. The molecule has 0 amide bonds. The van der Waals surface area contributed by atoms with E-state index in [1.807, 2.05) is 30.6 Å². The van der Waals surface area contributed by atoms with E-state index in [0.29, 0.717) is 6.04 Å². The van der Waals surface area contributed by atoms with E-state index in [1.54, 1.807) is 7.11 Å². The van der Waals surface area contributed by atoms with Crippen molar-refractivity contribution in [3.8, 4) is 0 Å². The zero-order valence-corrected chi connectivity index (χ0v) is 12.9. The van der Waals surface area contributed by atoms with E-state index in [9.17, 15) is 0 Å². The molecule has 112 valence electrons. The molecule has 0 bridgehead atoms. The average Bonchev–Trinajstić information content (AvgIpc) is 3.14. The van der Waals surface area contributed by atoms with Crippen molar-refractivity contribution in [2.45, 2.75) is 25.0 Å². The van der Waals surface area contributed by atoms with Crippen molar-refractivity contribution in [3.63, 3.8) is 0 Å². The van der Waals surface area contributed by atoms with Crippen molar-refractivity contribution in [2.75, 3.05) is 20.2 Å². The normalized spacial score (nSPS) is 22.8. The van der Waals surface area contributed by atoms with E-state index in [1.165, 1.54) is 5.56 Å². The second kappa shape index (κ2) is 6.60. The molecule has 1 aromatic heterocycles. The van der Waals surface area contributed by atoms with Crippen LogP contribution in [-0.2, 0) is 11.2 Å². The summed E-state index contributed by atoms with van der Waals surface area (Å²) in [7, 11) is 1.78. The van der Waals surface area contributed by atoms with Gasteiger partial charge in [-0.2, -0.15) is 0 Å². The van der Waals surface area contributed by atoms with Crippen LogP contribution in [0.15, 0.2) is 36.7 Å². The zero-order valence-electron chi connectivity index (χ0n) is 12.1. The van der Waals surface area contributed by atoms with Gasteiger partial charge in [0.05, 0.1) is 12.1 Å². The first-order chi connectivity index (χ1) is 10.3. The molecule has 2 aromatic rings. The van der Waals surface area contributed by atoms with E-state index in [2.05, 4.69) is 20.9 Å². The number of nitrogens with one attached hydrogen (secondary N) is 1. The minimum atomic E-state index is 0.277. The lowest BCUT2D eigenvalue weighted by Gasteiger charge is -2.22. The number of benzene rings is 1. The van der Waals surface area contributed by atoms with E-state index in [4.69, 9.17) is 16.3 Å². The number of imidazole rings is 1. The number of hydrogen-bond acceptors (Lipinski definition) is 3. The van der Waals surface area contributed by atoms with Crippen molar-refractivity contribution >= 4 is 11.6 Å². The molecule has 1 N–H and O–H groups in total. The number of rotatable bonds is 5. The van der Waals surface area contributed by atoms with Crippen molar-refractivity contribution < 1.29 is 4.74 Å². The Kier molecular flexibility index (Phi) is 4.58. The highest BCUT2D eigenvalue weighted by molar-refractivity contribution is 6.30. The third-order valence-electron chi connectivity index (χ3n) is 4.11. The summed E-state index contributed by atoms with van der Waals surface area (Å²) in [4.78, 5) is 10.1. The molecule has 5 heteroatoms. The van der Waals surface area contributed by atoms with Crippen LogP contribution in [0.1, 0.15) is 23.9 Å². The molecule has 1 saturated heterocycles. The molecule has 4 nitrogen and oxygen atoms in total. The van der Waals surface area contributed by atoms with Crippen LogP contribution in [0.2, 0.25) is 5.02 Å². The summed E-state index contributed by atoms with van der Waals surface area (Å²) in [5, 5.41) is 0.797. The fourth-order valence-electron chi connectivity index (χ4n) is 2.99. The average molecular weight is 306 g/mol. The van der Waals surface area contributed by atoms with Gasteiger partial charge < -0.3 is 9.72 Å². The summed E-state index contributed by atoms with van der Waals surface area (Å²) < 4.78 is 5.54. The second-order valence-electron chi connectivity index (χ2n) is 5.46. The summed E-state index contributed by atoms with van der Waals surface area (Å²) in [6.07, 6.45) is 5.93. The van der Waals surface area contributed by atoms with Gasteiger partial charge in [0.15, 0.2) is 0 Å². The fourth-order valence-corrected chi connectivity index (χ4v) is 3.20. The Labute approximate surface area is 130 Å². The van der Waals surface area contributed by atoms with Gasteiger partial charge in [0.1, 0.15) is 5.82 Å². The number of H-pyrrole nitrogens is 1.